The van der Waals surface area contributed by atoms with Gasteiger partial charge in [0.1, 0.15) is 0 Å². The van der Waals surface area contributed by atoms with Gasteiger partial charge in [0.05, 0.1) is 4.90 Å². The van der Waals surface area contributed by atoms with Gasteiger partial charge in [-0.05, 0) is 49.0 Å². The smallest absolute Gasteiger partial charge is 0.238 e. The minimum Gasteiger partial charge on any atom is -0.356 e. The molecule has 6 nitrogen and oxygen atoms in total. The van der Waals surface area contributed by atoms with Crippen molar-refractivity contribution < 1.29 is 8.42 Å². The number of rotatable bonds is 9. The molecule has 0 aliphatic heterocycles. The second-order valence-corrected chi connectivity index (χ2v) is 7.61. The number of primary sulfonamides is 1. The van der Waals surface area contributed by atoms with Crippen LogP contribution < -0.4 is 15.8 Å². The summed E-state index contributed by atoms with van der Waals surface area (Å²) in [7, 11) is -1.87. The zero-order valence-electron chi connectivity index (χ0n) is 14.1. The molecular weight excluding hydrogens is 459 g/mol. The normalized spacial score (nSPS) is 11.7. The number of guanidine groups is 1. The lowest BCUT2D eigenvalue weighted by Gasteiger charge is -2.11. The molecule has 0 heterocycles. The van der Waals surface area contributed by atoms with Gasteiger partial charge in [0.15, 0.2) is 5.96 Å². The maximum Gasteiger partial charge on any atom is 0.238 e. The summed E-state index contributed by atoms with van der Waals surface area (Å²) in [5.74, 6) is 1.97. The Morgan fingerprint density at radius 3 is 2.33 bits per heavy atom. The lowest BCUT2D eigenvalue weighted by Crippen LogP contribution is -2.38. The van der Waals surface area contributed by atoms with E-state index in [4.69, 9.17) is 5.14 Å². The van der Waals surface area contributed by atoms with Gasteiger partial charge in [0, 0.05) is 20.1 Å². The van der Waals surface area contributed by atoms with Crippen molar-refractivity contribution in [3.05, 3.63) is 29.8 Å². The number of unbranched alkanes of at least 4 members (excludes halogenated alkanes) is 1. The van der Waals surface area contributed by atoms with Gasteiger partial charge in [-0.15, -0.1) is 24.0 Å². The maximum absolute atomic E-state index is 11.2. The second kappa shape index (κ2) is 12.8. The predicted octanol–water partition coefficient (Wildman–Crippen LogP) is 1.80. The van der Waals surface area contributed by atoms with E-state index in [2.05, 4.69) is 21.9 Å². The average Bonchev–Trinajstić information content (AvgIpc) is 2.52. The Morgan fingerprint density at radius 2 is 1.79 bits per heavy atom. The van der Waals surface area contributed by atoms with Crippen LogP contribution in [0.3, 0.4) is 0 Å². The van der Waals surface area contributed by atoms with Crippen molar-refractivity contribution in [1.29, 1.82) is 0 Å². The molecule has 1 rings (SSSR count). The lowest BCUT2D eigenvalue weighted by molar-refractivity contribution is 0.598. The van der Waals surface area contributed by atoms with Gasteiger partial charge in [-0.3, -0.25) is 4.99 Å². The van der Waals surface area contributed by atoms with E-state index in [0.29, 0.717) is 0 Å². The number of hydrogen-bond donors (Lipinski definition) is 3. The third-order valence-electron chi connectivity index (χ3n) is 3.25. The zero-order chi connectivity index (χ0) is 17.1. The second-order valence-electron chi connectivity index (χ2n) is 5.06. The molecule has 0 saturated carbocycles. The van der Waals surface area contributed by atoms with Crippen molar-refractivity contribution in [3.63, 3.8) is 0 Å². The maximum atomic E-state index is 11.2. The summed E-state index contributed by atoms with van der Waals surface area (Å²) in [6.45, 7) is 1.63. The first-order valence-corrected chi connectivity index (χ1v) is 10.5. The molecule has 0 radical (unpaired) electrons. The third-order valence-corrected chi connectivity index (χ3v) is 4.88. The Kier molecular flexibility index (Phi) is 12.5. The van der Waals surface area contributed by atoms with Gasteiger partial charge in [-0.1, -0.05) is 12.1 Å². The van der Waals surface area contributed by atoms with Crippen LogP contribution in [0.15, 0.2) is 34.2 Å². The molecule has 0 aromatic heterocycles. The Hall–Kier alpha value is -0.520. The van der Waals surface area contributed by atoms with Crippen molar-refractivity contribution in [1.82, 2.24) is 10.6 Å². The van der Waals surface area contributed by atoms with Crippen LogP contribution in [0, 0.1) is 0 Å². The highest BCUT2D eigenvalue weighted by Crippen LogP contribution is 2.08. The van der Waals surface area contributed by atoms with Gasteiger partial charge in [-0.25, -0.2) is 13.6 Å². The molecule has 0 saturated heterocycles. The number of benzene rings is 1. The first-order valence-electron chi connectivity index (χ1n) is 7.52. The van der Waals surface area contributed by atoms with Crippen LogP contribution in [0.5, 0.6) is 0 Å². The SMILES string of the molecule is CN=C(NCCCCSC)NCCc1ccc(S(N)(=O)=O)cc1.I. The summed E-state index contributed by atoms with van der Waals surface area (Å²) in [5, 5.41) is 11.6. The monoisotopic (exact) mass is 486 g/mol. The molecule has 1 aromatic carbocycles. The highest BCUT2D eigenvalue weighted by Gasteiger charge is 2.06. The van der Waals surface area contributed by atoms with Crippen molar-refractivity contribution in [2.75, 3.05) is 32.1 Å². The number of halogens is 1. The van der Waals surface area contributed by atoms with E-state index < -0.39 is 10.0 Å². The molecule has 0 fully saturated rings. The van der Waals surface area contributed by atoms with E-state index in [0.717, 1.165) is 37.5 Å². The van der Waals surface area contributed by atoms with E-state index in [1.54, 1.807) is 19.2 Å². The fourth-order valence-electron chi connectivity index (χ4n) is 1.97. The summed E-state index contributed by atoms with van der Waals surface area (Å²) in [4.78, 5) is 4.31. The highest BCUT2D eigenvalue weighted by molar-refractivity contribution is 14.0. The molecule has 4 N–H and O–H groups in total. The van der Waals surface area contributed by atoms with Crippen LogP contribution in [0.4, 0.5) is 0 Å². The molecule has 0 atom stereocenters. The lowest BCUT2D eigenvalue weighted by atomic mass is 10.1. The highest BCUT2D eigenvalue weighted by atomic mass is 127. The molecule has 0 amide bonds. The standard InChI is InChI=1S/C15H26N4O2S2.HI/c1-17-15(18-10-3-4-12-22-2)19-11-9-13-5-7-14(8-6-13)23(16,20)21;/h5-8H,3-4,9-12H2,1-2H3,(H2,16,20,21)(H2,17,18,19);1H. The van der Waals surface area contributed by atoms with Gasteiger partial charge in [0.25, 0.3) is 0 Å². The van der Waals surface area contributed by atoms with Crippen LogP contribution in [0.2, 0.25) is 0 Å². The van der Waals surface area contributed by atoms with E-state index in [1.165, 1.54) is 24.3 Å². The van der Waals surface area contributed by atoms with Crippen molar-refractivity contribution in [3.8, 4) is 0 Å². The number of nitrogens with one attached hydrogen (secondary N) is 2. The number of hydrogen-bond acceptors (Lipinski definition) is 4. The van der Waals surface area contributed by atoms with Crippen LogP contribution in [-0.4, -0.2) is 46.5 Å². The number of nitrogens with zero attached hydrogens (tertiary/aromatic N) is 1. The van der Waals surface area contributed by atoms with Crippen molar-refractivity contribution >= 4 is 51.7 Å². The number of thioether (sulfide) groups is 1. The molecule has 0 spiro atoms. The Morgan fingerprint density at radius 1 is 1.17 bits per heavy atom. The van der Waals surface area contributed by atoms with Crippen LogP contribution in [0.1, 0.15) is 18.4 Å². The van der Waals surface area contributed by atoms with E-state index in [9.17, 15) is 8.42 Å². The molecule has 0 aliphatic rings. The minimum absolute atomic E-state index is 0. The van der Waals surface area contributed by atoms with E-state index >= 15 is 0 Å². The molecule has 0 aliphatic carbocycles. The van der Waals surface area contributed by atoms with Gasteiger partial charge >= 0.3 is 0 Å². The molecule has 24 heavy (non-hydrogen) atoms. The Balaban J connectivity index is 0.00000529. The number of sulfonamides is 1. The van der Waals surface area contributed by atoms with Crippen LogP contribution in [-0.2, 0) is 16.4 Å². The first-order chi connectivity index (χ1) is 11.0. The number of aliphatic imine (C=N–C) groups is 1. The fraction of sp³-hybridized carbons (Fsp3) is 0.533. The molecule has 138 valence electrons. The summed E-state index contributed by atoms with van der Waals surface area (Å²) in [6.07, 6.45) is 5.21. The molecule has 0 bridgehead atoms. The molecule has 9 heteroatoms. The minimum atomic E-state index is -3.62. The van der Waals surface area contributed by atoms with Gasteiger partial charge < -0.3 is 10.6 Å². The Labute approximate surface area is 166 Å². The van der Waals surface area contributed by atoms with E-state index in [1.807, 2.05) is 11.8 Å². The number of nitrogens with two attached hydrogens (primary N) is 1. The van der Waals surface area contributed by atoms with Gasteiger partial charge in [0.2, 0.25) is 10.0 Å². The predicted molar refractivity (Wildman–Crippen MR) is 114 cm³/mol. The Bertz CT molecular complexity index is 592. The summed E-state index contributed by atoms with van der Waals surface area (Å²) < 4.78 is 22.4. The summed E-state index contributed by atoms with van der Waals surface area (Å²) in [6, 6.07) is 6.62. The summed E-state index contributed by atoms with van der Waals surface area (Å²) >= 11 is 1.86. The van der Waals surface area contributed by atoms with Crippen LogP contribution in [0.25, 0.3) is 0 Å². The first kappa shape index (κ1) is 23.5. The topological polar surface area (TPSA) is 96.6 Å². The average molecular weight is 486 g/mol. The molecular formula is C15H27IN4O2S2. The quantitative estimate of drug-likeness (QED) is 0.214. The van der Waals surface area contributed by atoms with E-state index in [-0.39, 0.29) is 28.9 Å². The summed E-state index contributed by atoms with van der Waals surface area (Å²) in [5.41, 5.74) is 1.04. The third kappa shape index (κ3) is 9.70. The van der Waals surface area contributed by atoms with Crippen LogP contribution >= 0.6 is 35.7 Å². The largest absolute Gasteiger partial charge is 0.356 e. The fourth-order valence-corrected chi connectivity index (χ4v) is 2.98. The molecule has 1 aromatic rings. The van der Waals surface area contributed by atoms with Crippen molar-refractivity contribution in [2.45, 2.75) is 24.2 Å². The molecule has 0 unspecified atom stereocenters. The van der Waals surface area contributed by atoms with Crippen molar-refractivity contribution in [2.24, 2.45) is 10.1 Å². The zero-order valence-corrected chi connectivity index (χ0v) is 18.1. The van der Waals surface area contributed by atoms with Gasteiger partial charge in [-0.2, -0.15) is 11.8 Å².